The summed E-state index contributed by atoms with van der Waals surface area (Å²) < 4.78 is 5.06. The third kappa shape index (κ3) is 3.46. The molecule has 2 unspecified atom stereocenters. The molecule has 23 heavy (non-hydrogen) atoms. The molecule has 2 aromatic heterocycles. The molecule has 4 N–H and O–H groups in total. The SMILES string of the molecule is NCC1CCCC1NC(=O)c1ccsc1NC(=O)c1ccco1. The second-order valence-corrected chi connectivity index (χ2v) is 6.52. The Bertz CT molecular complexity index is 681. The summed E-state index contributed by atoms with van der Waals surface area (Å²) in [6, 6.07) is 5.04. The number of nitrogens with two attached hydrogens (primary N) is 1. The molecule has 0 aliphatic heterocycles. The van der Waals surface area contributed by atoms with Crippen molar-refractivity contribution >= 4 is 28.2 Å². The average molecular weight is 333 g/mol. The number of nitrogens with one attached hydrogen (secondary N) is 2. The molecule has 2 atom stereocenters. The smallest absolute Gasteiger partial charge is 0.291 e. The molecular weight excluding hydrogens is 314 g/mol. The van der Waals surface area contributed by atoms with Crippen LogP contribution in [0.4, 0.5) is 5.00 Å². The van der Waals surface area contributed by atoms with Crippen molar-refractivity contribution in [1.82, 2.24) is 5.32 Å². The molecule has 1 aliphatic carbocycles. The number of carbonyl (C=O) groups excluding carboxylic acids is 2. The zero-order chi connectivity index (χ0) is 16.2. The standard InChI is InChI=1S/C16H19N3O3S/c17-9-10-3-1-4-12(10)18-14(20)11-6-8-23-16(11)19-15(21)13-5-2-7-22-13/h2,5-8,10,12H,1,3-4,9,17H2,(H,18,20)(H,19,21). The Hall–Kier alpha value is -2.12. The van der Waals surface area contributed by atoms with E-state index in [9.17, 15) is 9.59 Å². The van der Waals surface area contributed by atoms with Crippen molar-refractivity contribution < 1.29 is 14.0 Å². The number of rotatable bonds is 5. The first-order chi connectivity index (χ1) is 11.2. The lowest BCUT2D eigenvalue weighted by atomic mass is 10.0. The van der Waals surface area contributed by atoms with Gasteiger partial charge < -0.3 is 20.8 Å². The van der Waals surface area contributed by atoms with Gasteiger partial charge in [0.25, 0.3) is 11.8 Å². The van der Waals surface area contributed by atoms with Crippen LogP contribution in [0.3, 0.4) is 0 Å². The molecule has 2 amide bonds. The maximum absolute atomic E-state index is 12.5. The van der Waals surface area contributed by atoms with Crippen LogP contribution >= 0.6 is 11.3 Å². The summed E-state index contributed by atoms with van der Waals surface area (Å²) in [5, 5.41) is 8.07. The summed E-state index contributed by atoms with van der Waals surface area (Å²) in [4.78, 5) is 24.5. The lowest BCUT2D eigenvalue weighted by Gasteiger charge is -2.19. The Morgan fingerprint density at radius 2 is 2.17 bits per heavy atom. The van der Waals surface area contributed by atoms with E-state index in [4.69, 9.17) is 10.2 Å². The molecule has 7 heteroatoms. The van der Waals surface area contributed by atoms with E-state index in [0.29, 0.717) is 23.0 Å². The van der Waals surface area contributed by atoms with Crippen molar-refractivity contribution in [3.8, 4) is 0 Å². The van der Waals surface area contributed by atoms with Crippen LogP contribution in [0, 0.1) is 5.92 Å². The molecule has 2 aromatic rings. The summed E-state index contributed by atoms with van der Waals surface area (Å²) in [5.41, 5.74) is 6.22. The van der Waals surface area contributed by atoms with Crippen molar-refractivity contribution in [3.05, 3.63) is 41.2 Å². The van der Waals surface area contributed by atoms with Crippen molar-refractivity contribution in [1.29, 1.82) is 0 Å². The first-order valence-electron chi connectivity index (χ1n) is 7.62. The Kier molecular flexibility index (Phi) is 4.78. The lowest BCUT2D eigenvalue weighted by molar-refractivity contribution is 0.0930. The van der Waals surface area contributed by atoms with Gasteiger partial charge in [0.05, 0.1) is 11.8 Å². The highest BCUT2D eigenvalue weighted by Crippen LogP contribution is 2.27. The second kappa shape index (κ2) is 6.97. The monoisotopic (exact) mass is 333 g/mol. The zero-order valence-electron chi connectivity index (χ0n) is 12.6. The molecule has 3 rings (SSSR count). The number of amides is 2. The van der Waals surface area contributed by atoms with Gasteiger partial charge in [0.15, 0.2) is 5.76 Å². The summed E-state index contributed by atoms with van der Waals surface area (Å²) >= 11 is 1.31. The minimum Gasteiger partial charge on any atom is -0.459 e. The molecular formula is C16H19N3O3S. The van der Waals surface area contributed by atoms with Gasteiger partial charge in [-0.15, -0.1) is 11.3 Å². The first-order valence-corrected chi connectivity index (χ1v) is 8.50. The van der Waals surface area contributed by atoms with Crippen molar-refractivity contribution in [3.63, 3.8) is 0 Å². The fraction of sp³-hybridized carbons (Fsp3) is 0.375. The molecule has 1 fully saturated rings. The zero-order valence-corrected chi connectivity index (χ0v) is 13.4. The average Bonchev–Trinajstić information content (AvgIpc) is 3.28. The van der Waals surface area contributed by atoms with Gasteiger partial charge in [-0.3, -0.25) is 9.59 Å². The van der Waals surface area contributed by atoms with Crippen LogP contribution in [0.1, 0.15) is 40.2 Å². The van der Waals surface area contributed by atoms with Crippen LogP contribution in [0.25, 0.3) is 0 Å². The van der Waals surface area contributed by atoms with Gasteiger partial charge in [0.1, 0.15) is 5.00 Å². The van der Waals surface area contributed by atoms with Crippen LogP contribution in [-0.4, -0.2) is 24.4 Å². The highest BCUT2D eigenvalue weighted by Gasteiger charge is 2.28. The van der Waals surface area contributed by atoms with E-state index in [-0.39, 0.29) is 23.6 Å². The van der Waals surface area contributed by atoms with Gasteiger partial charge in [0, 0.05) is 6.04 Å². The van der Waals surface area contributed by atoms with E-state index < -0.39 is 0 Å². The number of furan rings is 1. The Morgan fingerprint density at radius 1 is 1.30 bits per heavy atom. The van der Waals surface area contributed by atoms with Crippen molar-refractivity contribution in [2.24, 2.45) is 11.7 Å². The molecule has 0 aromatic carbocycles. The second-order valence-electron chi connectivity index (χ2n) is 5.60. The summed E-state index contributed by atoms with van der Waals surface area (Å²) in [7, 11) is 0. The molecule has 0 saturated heterocycles. The molecule has 0 spiro atoms. The third-order valence-electron chi connectivity index (χ3n) is 4.16. The van der Waals surface area contributed by atoms with Gasteiger partial charge in [0.2, 0.25) is 0 Å². The number of anilines is 1. The quantitative estimate of drug-likeness (QED) is 0.783. The van der Waals surface area contributed by atoms with E-state index in [1.807, 2.05) is 0 Å². The van der Waals surface area contributed by atoms with Gasteiger partial charge in [-0.1, -0.05) is 6.42 Å². The number of thiophene rings is 1. The Morgan fingerprint density at radius 3 is 2.91 bits per heavy atom. The number of hydrogen-bond acceptors (Lipinski definition) is 5. The molecule has 1 saturated carbocycles. The summed E-state index contributed by atoms with van der Waals surface area (Å²) in [6.07, 6.45) is 4.52. The van der Waals surface area contributed by atoms with Gasteiger partial charge >= 0.3 is 0 Å². The highest BCUT2D eigenvalue weighted by molar-refractivity contribution is 7.14. The minimum absolute atomic E-state index is 0.112. The van der Waals surface area contributed by atoms with E-state index in [2.05, 4.69) is 10.6 Å². The van der Waals surface area contributed by atoms with Crippen LogP contribution in [0.5, 0.6) is 0 Å². The van der Waals surface area contributed by atoms with Crippen LogP contribution < -0.4 is 16.4 Å². The molecule has 0 radical (unpaired) electrons. The van der Waals surface area contributed by atoms with Crippen LogP contribution in [0.2, 0.25) is 0 Å². The molecule has 2 heterocycles. The summed E-state index contributed by atoms with van der Waals surface area (Å²) in [5.74, 6) is 0.000962. The predicted octanol–water partition coefficient (Wildman–Crippen LogP) is 2.45. The van der Waals surface area contributed by atoms with Crippen molar-refractivity contribution in [2.75, 3.05) is 11.9 Å². The largest absolute Gasteiger partial charge is 0.459 e. The fourth-order valence-corrected chi connectivity index (χ4v) is 3.69. The normalized spacial score (nSPS) is 20.4. The van der Waals surface area contributed by atoms with Gasteiger partial charge in [-0.05, 0) is 48.9 Å². The molecule has 1 aliphatic rings. The lowest BCUT2D eigenvalue weighted by Crippen LogP contribution is -2.40. The predicted molar refractivity (Wildman–Crippen MR) is 88.6 cm³/mol. The van der Waals surface area contributed by atoms with Crippen LogP contribution in [0.15, 0.2) is 34.3 Å². The maximum Gasteiger partial charge on any atom is 0.291 e. The van der Waals surface area contributed by atoms with Gasteiger partial charge in [-0.2, -0.15) is 0 Å². The highest BCUT2D eigenvalue weighted by atomic mass is 32.1. The van der Waals surface area contributed by atoms with E-state index in [0.717, 1.165) is 19.3 Å². The third-order valence-corrected chi connectivity index (χ3v) is 4.99. The topological polar surface area (TPSA) is 97.4 Å². The molecule has 6 nitrogen and oxygen atoms in total. The van der Waals surface area contributed by atoms with Gasteiger partial charge in [-0.25, -0.2) is 0 Å². The maximum atomic E-state index is 12.5. The van der Waals surface area contributed by atoms with E-state index in [1.54, 1.807) is 23.6 Å². The van der Waals surface area contributed by atoms with Crippen LogP contribution in [-0.2, 0) is 0 Å². The Balaban J connectivity index is 1.68. The number of hydrogen-bond donors (Lipinski definition) is 3. The van der Waals surface area contributed by atoms with E-state index >= 15 is 0 Å². The van der Waals surface area contributed by atoms with Crippen molar-refractivity contribution in [2.45, 2.75) is 25.3 Å². The van der Waals surface area contributed by atoms with E-state index in [1.165, 1.54) is 17.6 Å². The minimum atomic E-state index is -0.368. The fourth-order valence-electron chi connectivity index (χ4n) is 2.91. The first kappa shape index (κ1) is 15.8. The number of carbonyl (C=O) groups is 2. The summed E-state index contributed by atoms with van der Waals surface area (Å²) in [6.45, 7) is 0.580. The molecule has 122 valence electrons. The molecule has 0 bridgehead atoms. The Labute approximate surface area is 138 Å².